The van der Waals surface area contributed by atoms with Crippen LogP contribution in [0.15, 0.2) is 36.4 Å². The molecule has 1 atom stereocenters. The van der Waals surface area contributed by atoms with Crippen LogP contribution < -0.4 is 15.2 Å². The topological polar surface area (TPSA) is 85.1 Å². The number of hydrogen-bond donors (Lipinski definition) is 1. The molecule has 0 fully saturated rings. The van der Waals surface area contributed by atoms with Gasteiger partial charge in [-0.25, -0.2) is 0 Å². The number of hydrogen-bond acceptors (Lipinski definition) is 5. The van der Waals surface area contributed by atoms with Crippen LogP contribution in [0, 0.1) is 0 Å². The Hall–Kier alpha value is -3.06. The molecule has 0 saturated heterocycles. The van der Waals surface area contributed by atoms with Crippen LogP contribution >= 0.6 is 0 Å². The highest BCUT2D eigenvalue weighted by atomic mass is 16.5. The number of methoxy groups -OCH3 is 2. The van der Waals surface area contributed by atoms with Crippen LogP contribution in [-0.2, 0) is 29.0 Å². The van der Waals surface area contributed by atoms with Crippen molar-refractivity contribution in [3.63, 3.8) is 0 Å². The van der Waals surface area contributed by atoms with Gasteiger partial charge in [0.1, 0.15) is 0 Å². The highest BCUT2D eigenvalue weighted by Gasteiger charge is 2.27. The molecule has 1 aliphatic heterocycles. The molecule has 0 aromatic heterocycles. The lowest BCUT2D eigenvalue weighted by Gasteiger charge is -2.33. The number of fused-ring (bicyclic) bond motifs is 1. The number of nitrogens with two attached hydrogens (primary N) is 1. The highest BCUT2D eigenvalue weighted by molar-refractivity contribution is 5.81. The van der Waals surface area contributed by atoms with E-state index in [2.05, 4.69) is 31.2 Å². The molecule has 2 amide bonds. The lowest BCUT2D eigenvalue weighted by molar-refractivity contribution is -0.134. The van der Waals surface area contributed by atoms with Crippen LogP contribution in [0.25, 0.3) is 0 Å². The first-order chi connectivity index (χ1) is 15.9. The van der Waals surface area contributed by atoms with E-state index >= 15 is 0 Å². The number of primary amides is 1. The molecule has 2 aromatic rings. The fourth-order valence-electron chi connectivity index (χ4n) is 4.36. The Morgan fingerprint density at radius 2 is 1.70 bits per heavy atom. The van der Waals surface area contributed by atoms with Crippen LogP contribution in [0.3, 0.4) is 0 Å². The Labute approximate surface area is 196 Å². The maximum atomic E-state index is 13.2. The standard InChI is InChI=1S/C26H35N3O4/c1-5-6-19-7-9-20(10-8-19)18(2)29(16-25(27)30)17-26(31)28-12-11-21-13-23(32-3)24(33-4)14-22(21)15-28/h7-10,13-14,18H,5-6,11-12,15-17H2,1-4H3,(H2,27,30)/t18-/m1/s1. The number of carbonyl (C=O) groups excluding carboxylic acids is 2. The van der Waals surface area contributed by atoms with Crippen LogP contribution in [0.2, 0.25) is 0 Å². The number of rotatable bonds is 10. The van der Waals surface area contributed by atoms with Gasteiger partial charge in [-0.1, -0.05) is 37.6 Å². The molecule has 2 N–H and O–H groups in total. The van der Waals surface area contributed by atoms with Crippen molar-refractivity contribution >= 4 is 11.8 Å². The van der Waals surface area contributed by atoms with Crippen molar-refractivity contribution in [2.75, 3.05) is 33.9 Å². The van der Waals surface area contributed by atoms with Gasteiger partial charge in [0.15, 0.2) is 11.5 Å². The SMILES string of the molecule is CCCc1ccc([C@@H](C)N(CC(N)=O)CC(=O)N2CCc3cc(OC)c(OC)cc3C2)cc1. The summed E-state index contributed by atoms with van der Waals surface area (Å²) >= 11 is 0. The predicted octanol–water partition coefficient (Wildman–Crippen LogP) is 3.09. The van der Waals surface area contributed by atoms with Crippen LogP contribution in [0.1, 0.15) is 48.6 Å². The van der Waals surface area contributed by atoms with E-state index in [1.807, 2.05) is 28.9 Å². The van der Waals surface area contributed by atoms with Gasteiger partial charge in [-0.3, -0.25) is 14.5 Å². The number of benzene rings is 2. The summed E-state index contributed by atoms with van der Waals surface area (Å²) in [7, 11) is 3.22. The molecule has 0 aliphatic carbocycles. The van der Waals surface area contributed by atoms with Gasteiger partial charge in [-0.15, -0.1) is 0 Å². The molecule has 0 radical (unpaired) electrons. The van der Waals surface area contributed by atoms with Gasteiger partial charge >= 0.3 is 0 Å². The average molecular weight is 454 g/mol. The molecule has 3 rings (SSSR count). The number of amides is 2. The molecule has 0 bridgehead atoms. The van der Waals surface area contributed by atoms with E-state index < -0.39 is 5.91 Å². The van der Waals surface area contributed by atoms with Gasteiger partial charge < -0.3 is 20.1 Å². The predicted molar refractivity (Wildman–Crippen MR) is 128 cm³/mol. The number of ether oxygens (including phenoxy) is 2. The van der Waals surface area contributed by atoms with Crippen molar-refractivity contribution in [1.82, 2.24) is 9.80 Å². The minimum atomic E-state index is -0.446. The normalized spacial score (nSPS) is 14.0. The summed E-state index contributed by atoms with van der Waals surface area (Å²) < 4.78 is 10.8. The Morgan fingerprint density at radius 1 is 1.06 bits per heavy atom. The van der Waals surface area contributed by atoms with Crippen LogP contribution in [-0.4, -0.2) is 55.5 Å². The van der Waals surface area contributed by atoms with Crippen molar-refractivity contribution in [3.05, 3.63) is 58.7 Å². The van der Waals surface area contributed by atoms with E-state index in [1.165, 1.54) is 5.56 Å². The summed E-state index contributed by atoms with van der Waals surface area (Å²) in [5.41, 5.74) is 10.1. The zero-order chi connectivity index (χ0) is 24.0. The van der Waals surface area contributed by atoms with Gasteiger partial charge in [-0.2, -0.15) is 0 Å². The van der Waals surface area contributed by atoms with Gasteiger partial charge in [0, 0.05) is 19.1 Å². The van der Waals surface area contributed by atoms with Crippen molar-refractivity contribution in [3.8, 4) is 11.5 Å². The third kappa shape index (κ3) is 6.05. The van der Waals surface area contributed by atoms with E-state index in [9.17, 15) is 9.59 Å². The lowest BCUT2D eigenvalue weighted by Crippen LogP contribution is -2.45. The second kappa shape index (κ2) is 11.2. The van der Waals surface area contributed by atoms with Crippen molar-refractivity contribution < 1.29 is 19.1 Å². The van der Waals surface area contributed by atoms with Crippen molar-refractivity contribution in [2.24, 2.45) is 5.73 Å². The second-order valence-corrected chi connectivity index (χ2v) is 8.58. The smallest absolute Gasteiger partial charge is 0.237 e. The fraction of sp³-hybridized carbons (Fsp3) is 0.462. The number of carbonyl (C=O) groups is 2. The summed E-state index contributed by atoms with van der Waals surface area (Å²) in [5.74, 6) is 0.882. The highest BCUT2D eigenvalue weighted by Crippen LogP contribution is 2.33. The minimum Gasteiger partial charge on any atom is -0.493 e. The summed E-state index contributed by atoms with van der Waals surface area (Å²) in [6, 6.07) is 12.2. The molecular weight excluding hydrogens is 418 g/mol. The third-order valence-electron chi connectivity index (χ3n) is 6.32. The van der Waals surface area contributed by atoms with E-state index in [-0.39, 0.29) is 25.0 Å². The first-order valence-corrected chi connectivity index (χ1v) is 11.5. The first kappa shape index (κ1) is 24.6. The summed E-state index contributed by atoms with van der Waals surface area (Å²) in [4.78, 5) is 28.7. The monoisotopic (exact) mass is 453 g/mol. The molecule has 0 spiro atoms. The zero-order valence-electron chi connectivity index (χ0n) is 20.1. The van der Waals surface area contributed by atoms with E-state index in [1.54, 1.807) is 14.2 Å². The molecule has 1 aliphatic rings. The number of aryl methyl sites for hydroxylation is 1. The molecule has 178 valence electrons. The van der Waals surface area contributed by atoms with Gasteiger partial charge in [0.05, 0.1) is 27.3 Å². The minimum absolute atomic E-state index is 0.0221. The maximum Gasteiger partial charge on any atom is 0.237 e. The summed E-state index contributed by atoms with van der Waals surface area (Å²) in [5, 5.41) is 0. The second-order valence-electron chi connectivity index (χ2n) is 8.58. The fourth-order valence-corrected chi connectivity index (χ4v) is 4.36. The van der Waals surface area contributed by atoms with Gasteiger partial charge in [0.2, 0.25) is 11.8 Å². The molecule has 0 unspecified atom stereocenters. The summed E-state index contributed by atoms with van der Waals surface area (Å²) in [6.07, 6.45) is 2.87. The van der Waals surface area contributed by atoms with Gasteiger partial charge in [0.25, 0.3) is 0 Å². The van der Waals surface area contributed by atoms with Crippen LogP contribution in [0.4, 0.5) is 0 Å². The molecular formula is C26H35N3O4. The summed E-state index contributed by atoms with van der Waals surface area (Å²) in [6.45, 7) is 5.43. The Kier molecular flexibility index (Phi) is 8.33. The maximum absolute atomic E-state index is 13.2. The first-order valence-electron chi connectivity index (χ1n) is 11.5. The van der Waals surface area contributed by atoms with E-state index in [4.69, 9.17) is 15.2 Å². The molecule has 1 heterocycles. The van der Waals surface area contributed by atoms with E-state index in [0.717, 1.165) is 36.0 Å². The molecule has 0 saturated carbocycles. The largest absolute Gasteiger partial charge is 0.493 e. The molecule has 2 aromatic carbocycles. The Balaban J connectivity index is 1.73. The number of nitrogens with zero attached hydrogens (tertiary/aromatic N) is 2. The zero-order valence-corrected chi connectivity index (χ0v) is 20.1. The van der Waals surface area contributed by atoms with E-state index in [0.29, 0.717) is 24.6 Å². The quantitative estimate of drug-likeness (QED) is 0.598. The van der Waals surface area contributed by atoms with Crippen LogP contribution in [0.5, 0.6) is 11.5 Å². The molecule has 7 heteroatoms. The Morgan fingerprint density at radius 3 is 2.27 bits per heavy atom. The lowest BCUT2D eigenvalue weighted by atomic mass is 9.98. The van der Waals surface area contributed by atoms with Gasteiger partial charge in [-0.05, 0) is 54.2 Å². The average Bonchev–Trinajstić information content (AvgIpc) is 2.82. The van der Waals surface area contributed by atoms with Crippen molar-refractivity contribution in [2.45, 2.75) is 45.7 Å². The molecule has 33 heavy (non-hydrogen) atoms. The third-order valence-corrected chi connectivity index (χ3v) is 6.32. The van der Waals surface area contributed by atoms with Crippen molar-refractivity contribution in [1.29, 1.82) is 0 Å². The molecule has 7 nitrogen and oxygen atoms in total. The Bertz CT molecular complexity index is 974.